The molecular formula is C13H24ClNO3. The SMILES string of the molecule is Cl.O[C@@H]1[C@@H](O)[C@H](NCC2CCCCC2)C=C[C@@H]1O. The van der Waals surface area contributed by atoms with Crippen molar-refractivity contribution in [2.24, 2.45) is 5.92 Å². The number of nitrogens with one attached hydrogen (secondary N) is 1. The van der Waals surface area contributed by atoms with E-state index in [0.29, 0.717) is 5.92 Å². The minimum atomic E-state index is -1.08. The molecule has 2 rings (SSSR count). The Balaban J connectivity index is 0.00000162. The lowest BCUT2D eigenvalue weighted by molar-refractivity contribution is -0.0569. The summed E-state index contributed by atoms with van der Waals surface area (Å²) in [5.74, 6) is 0.688. The van der Waals surface area contributed by atoms with Gasteiger partial charge in [-0.25, -0.2) is 0 Å². The summed E-state index contributed by atoms with van der Waals surface area (Å²) < 4.78 is 0. The van der Waals surface area contributed by atoms with Crippen LogP contribution in [-0.2, 0) is 0 Å². The van der Waals surface area contributed by atoms with Crippen LogP contribution < -0.4 is 5.32 Å². The van der Waals surface area contributed by atoms with Gasteiger partial charge in [0.15, 0.2) is 0 Å². The Hall–Kier alpha value is -0.130. The molecule has 18 heavy (non-hydrogen) atoms. The maximum Gasteiger partial charge on any atom is 0.111 e. The third kappa shape index (κ3) is 3.93. The molecule has 5 heteroatoms. The molecule has 2 aliphatic rings. The Morgan fingerprint density at radius 1 is 0.944 bits per heavy atom. The van der Waals surface area contributed by atoms with Gasteiger partial charge in [0.1, 0.15) is 18.3 Å². The van der Waals surface area contributed by atoms with Crippen LogP contribution in [-0.4, -0.2) is 46.2 Å². The largest absolute Gasteiger partial charge is 0.388 e. The van der Waals surface area contributed by atoms with E-state index in [9.17, 15) is 15.3 Å². The van der Waals surface area contributed by atoms with Crippen LogP contribution >= 0.6 is 12.4 Å². The zero-order valence-electron chi connectivity index (χ0n) is 10.5. The lowest BCUT2D eigenvalue weighted by Crippen LogP contribution is -2.52. The molecule has 1 saturated carbocycles. The van der Waals surface area contributed by atoms with Crippen molar-refractivity contribution in [3.05, 3.63) is 12.2 Å². The van der Waals surface area contributed by atoms with Crippen molar-refractivity contribution < 1.29 is 15.3 Å². The quantitative estimate of drug-likeness (QED) is 0.570. The minimum absolute atomic E-state index is 0. The van der Waals surface area contributed by atoms with E-state index in [-0.39, 0.29) is 18.4 Å². The summed E-state index contributed by atoms with van der Waals surface area (Å²) in [7, 11) is 0. The third-order valence-electron chi connectivity index (χ3n) is 3.95. The summed E-state index contributed by atoms with van der Waals surface area (Å²) >= 11 is 0. The minimum Gasteiger partial charge on any atom is -0.388 e. The van der Waals surface area contributed by atoms with E-state index in [1.165, 1.54) is 32.1 Å². The number of hydrogen-bond acceptors (Lipinski definition) is 4. The smallest absolute Gasteiger partial charge is 0.111 e. The first-order valence-corrected chi connectivity index (χ1v) is 6.64. The first kappa shape index (κ1) is 15.9. The van der Waals surface area contributed by atoms with E-state index in [2.05, 4.69) is 5.32 Å². The molecule has 4 N–H and O–H groups in total. The van der Waals surface area contributed by atoms with Gasteiger partial charge in [-0.1, -0.05) is 31.4 Å². The molecule has 0 radical (unpaired) electrons. The molecule has 106 valence electrons. The van der Waals surface area contributed by atoms with Gasteiger partial charge in [-0.05, 0) is 25.3 Å². The standard InChI is InChI=1S/C13H23NO3.ClH/c15-11-7-6-10(12(16)13(11)17)14-8-9-4-2-1-3-5-9;/h6-7,9-17H,1-5,8H2;1H/t10-,11+,12+,13+;/m1./s1. The molecular weight excluding hydrogens is 254 g/mol. The fraction of sp³-hybridized carbons (Fsp3) is 0.846. The van der Waals surface area contributed by atoms with Gasteiger partial charge in [-0.15, -0.1) is 12.4 Å². The van der Waals surface area contributed by atoms with Gasteiger partial charge in [-0.3, -0.25) is 0 Å². The van der Waals surface area contributed by atoms with Crippen LogP contribution in [0.3, 0.4) is 0 Å². The van der Waals surface area contributed by atoms with Gasteiger partial charge >= 0.3 is 0 Å². The van der Waals surface area contributed by atoms with Crippen LogP contribution in [0.25, 0.3) is 0 Å². The number of halogens is 1. The van der Waals surface area contributed by atoms with E-state index in [0.717, 1.165) is 6.54 Å². The van der Waals surface area contributed by atoms with E-state index in [1.807, 2.05) is 0 Å². The number of hydrogen-bond donors (Lipinski definition) is 4. The molecule has 4 atom stereocenters. The van der Waals surface area contributed by atoms with Crippen LogP contribution in [0.4, 0.5) is 0 Å². The normalized spacial score (nSPS) is 37.3. The molecule has 0 heterocycles. The highest BCUT2D eigenvalue weighted by molar-refractivity contribution is 5.85. The monoisotopic (exact) mass is 277 g/mol. The van der Waals surface area contributed by atoms with Crippen molar-refractivity contribution in [3.8, 4) is 0 Å². The molecule has 2 aliphatic carbocycles. The molecule has 1 fully saturated rings. The molecule has 0 aromatic carbocycles. The summed E-state index contributed by atoms with van der Waals surface area (Å²) in [6.45, 7) is 0.884. The Labute approximate surface area is 115 Å². The number of aliphatic hydroxyl groups is 3. The Bertz CT molecular complexity index is 269. The second kappa shape index (κ2) is 7.46. The molecule has 0 unspecified atom stereocenters. The van der Waals surface area contributed by atoms with E-state index in [1.54, 1.807) is 12.2 Å². The van der Waals surface area contributed by atoms with Crippen LogP contribution in [0.5, 0.6) is 0 Å². The molecule has 4 nitrogen and oxygen atoms in total. The van der Waals surface area contributed by atoms with Crippen LogP contribution in [0.2, 0.25) is 0 Å². The second-order valence-electron chi connectivity index (χ2n) is 5.29. The van der Waals surface area contributed by atoms with E-state index < -0.39 is 18.3 Å². The highest BCUT2D eigenvalue weighted by Gasteiger charge is 2.32. The van der Waals surface area contributed by atoms with Crippen LogP contribution in [0, 0.1) is 5.92 Å². The maximum atomic E-state index is 9.81. The Morgan fingerprint density at radius 3 is 2.28 bits per heavy atom. The topological polar surface area (TPSA) is 72.7 Å². The van der Waals surface area contributed by atoms with Gasteiger partial charge in [0.25, 0.3) is 0 Å². The van der Waals surface area contributed by atoms with Crippen molar-refractivity contribution in [1.82, 2.24) is 5.32 Å². The lowest BCUT2D eigenvalue weighted by atomic mass is 9.88. The van der Waals surface area contributed by atoms with Gasteiger partial charge < -0.3 is 20.6 Å². The van der Waals surface area contributed by atoms with Crippen molar-refractivity contribution in [3.63, 3.8) is 0 Å². The highest BCUT2D eigenvalue weighted by Crippen LogP contribution is 2.23. The van der Waals surface area contributed by atoms with Crippen LogP contribution in [0.1, 0.15) is 32.1 Å². The van der Waals surface area contributed by atoms with E-state index >= 15 is 0 Å². The first-order valence-electron chi connectivity index (χ1n) is 6.64. The molecule has 0 saturated heterocycles. The summed E-state index contributed by atoms with van der Waals surface area (Å²) in [5, 5.41) is 32.0. The van der Waals surface area contributed by atoms with Crippen molar-refractivity contribution in [2.45, 2.75) is 56.5 Å². The van der Waals surface area contributed by atoms with Crippen molar-refractivity contribution >= 4 is 12.4 Å². The second-order valence-corrected chi connectivity index (χ2v) is 5.29. The predicted molar refractivity (Wildman–Crippen MR) is 72.8 cm³/mol. The fourth-order valence-electron chi connectivity index (χ4n) is 2.76. The summed E-state index contributed by atoms with van der Waals surface area (Å²) in [4.78, 5) is 0. The lowest BCUT2D eigenvalue weighted by Gasteiger charge is -2.33. The van der Waals surface area contributed by atoms with Crippen LogP contribution in [0.15, 0.2) is 12.2 Å². The average molecular weight is 278 g/mol. The first-order chi connectivity index (χ1) is 8.18. The fourth-order valence-corrected chi connectivity index (χ4v) is 2.76. The van der Waals surface area contributed by atoms with Gasteiger partial charge in [-0.2, -0.15) is 0 Å². The number of rotatable bonds is 3. The average Bonchev–Trinajstić information content (AvgIpc) is 2.36. The summed E-state index contributed by atoms with van der Waals surface area (Å²) in [5.41, 5.74) is 0. The van der Waals surface area contributed by atoms with Gasteiger partial charge in [0.2, 0.25) is 0 Å². The molecule has 0 spiro atoms. The zero-order valence-corrected chi connectivity index (χ0v) is 11.4. The van der Waals surface area contributed by atoms with E-state index in [4.69, 9.17) is 0 Å². The molecule has 0 aliphatic heterocycles. The Kier molecular flexibility index (Phi) is 6.60. The summed E-state index contributed by atoms with van der Waals surface area (Å²) in [6, 6.07) is -0.240. The third-order valence-corrected chi connectivity index (χ3v) is 3.95. The van der Waals surface area contributed by atoms with Crippen molar-refractivity contribution in [2.75, 3.05) is 6.54 Å². The van der Waals surface area contributed by atoms with Gasteiger partial charge in [0, 0.05) is 0 Å². The Morgan fingerprint density at radius 2 is 1.61 bits per heavy atom. The van der Waals surface area contributed by atoms with Gasteiger partial charge in [0.05, 0.1) is 6.04 Å². The summed E-state index contributed by atoms with van der Waals surface area (Å²) in [6.07, 6.45) is 6.82. The molecule has 0 aromatic heterocycles. The highest BCUT2D eigenvalue weighted by atomic mass is 35.5. The molecule has 0 bridgehead atoms. The number of aliphatic hydroxyl groups excluding tert-OH is 3. The molecule has 0 amide bonds. The van der Waals surface area contributed by atoms with Crippen molar-refractivity contribution in [1.29, 1.82) is 0 Å². The predicted octanol–water partition coefficient (Wildman–Crippen LogP) is 0.599. The maximum absolute atomic E-state index is 9.81. The molecule has 0 aromatic rings. The zero-order chi connectivity index (χ0) is 12.3.